The van der Waals surface area contributed by atoms with Crippen LogP contribution in [-0.2, 0) is 9.59 Å². The molecule has 0 aromatic heterocycles. The van der Waals surface area contributed by atoms with Crippen LogP contribution in [0.25, 0.3) is 0 Å². The van der Waals surface area contributed by atoms with Gasteiger partial charge in [0.05, 0.1) is 0 Å². The summed E-state index contributed by atoms with van der Waals surface area (Å²) in [6.07, 6.45) is 5.51. The highest BCUT2D eigenvalue weighted by molar-refractivity contribution is 5.79. The van der Waals surface area contributed by atoms with Crippen molar-refractivity contribution in [1.29, 1.82) is 0 Å². The number of nitrogens with zero attached hydrogens (tertiary/aromatic N) is 3. The summed E-state index contributed by atoms with van der Waals surface area (Å²) >= 11 is 0. The van der Waals surface area contributed by atoms with Gasteiger partial charge in [0, 0.05) is 58.2 Å². The van der Waals surface area contributed by atoms with E-state index in [9.17, 15) is 9.59 Å². The van der Waals surface area contributed by atoms with Crippen molar-refractivity contribution in [2.24, 2.45) is 0 Å². The maximum atomic E-state index is 12.4. The molecule has 112 valence electrons. The van der Waals surface area contributed by atoms with Crippen molar-refractivity contribution in [1.82, 2.24) is 14.7 Å². The van der Waals surface area contributed by atoms with Crippen molar-refractivity contribution in [3.63, 3.8) is 0 Å². The molecule has 0 aromatic rings. The lowest BCUT2D eigenvalue weighted by molar-refractivity contribution is -0.136. The molecule has 0 saturated carbocycles. The first-order chi connectivity index (χ1) is 9.74. The summed E-state index contributed by atoms with van der Waals surface area (Å²) in [7, 11) is 0. The standard InChI is InChI=1S/C15H25N3O2/c19-14-4-2-1-3-7-17(14)9-6-15(20)18-11-10-16-8-5-13(18)12-16/h13H,1-12H2. The zero-order valence-electron chi connectivity index (χ0n) is 12.2. The number of piperazine rings is 1. The molecule has 3 aliphatic heterocycles. The van der Waals surface area contributed by atoms with Crippen LogP contribution in [-0.4, -0.2) is 71.8 Å². The highest BCUT2D eigenvalue weighted by Gasteiger charge is 2.34. The molecule has 0 spiro atoms. The van der Waals surface area contributed by atoms with E-state index in [2.05, 4.69) is 9.80 Å². The molecule has 0 aromatic carbocycles. The SMILES string of the molecule is O=C1CCCCCN1CCC(=O)N1CCN2CCC1C2. The lowest BCUT2D eigenvalue weighted by Gasteiger charge is -2.35. The predicted molar refractivity (Wildman–Crippen MR) is 76.2 cm³/mol. The summed E-state index contributed by atoms with van der Waals surface area (Å²) < 4.78 is 0. The number of hydrogen-bond donors (Lipinski definition) is 0. The van der Waals surface area contributed by atoms with Crippen LogP contribution in [0.4, 0.5) is 0 Å². The molecule has 0 aliphatic carbocycles. The second-order valence-corrected chi connectivity index (χ2v) is 6.27. The van der Waals surface area contributed by atoms with Crippen LogP contribution >= 0.6 is 0 Å². The second kappa shape index (κ2) is 6.12. The lowest BCUT2D eigenvalue weighted by atomic mass is 10.2. The number of carbonyl (C=O) groups excluding carboxylic acids is 2. The predicted octanol–water partition coefficient (Wildman–Crippen LogP) is 0.696. The molecule has 0 radical (unpaired) electrons. The Labute approximate surface area is 120 Å². The minimum absolute atomic E-state index is 0.237. The number of fused-ring (bicyclic) bond motifs is 2. The van der Waals surface area contributed by atoms with Gasteiger partial charge in [-0.15, -0.1) is 0 Å². The summed E-state index contributed by atoms with van der Waals surface area (Å²) in [6.45, 7) is 5.53. The minimum atomic E-state index is 0.237. The third-order valence-electron chi connectivity index (χ3n) is 4.93. The van der Waals surface area contributed by atoms with Crippen LogP contribution in [0.5, 0.6) is 0 Å². The van der Waals surface area contributed by atoms with Gasteiger partial charge >= 0.3 is 0 Å². The second-order valence-electron chi connectivity index (χ2n) is 6.27. The van der Waals surface area contributed by atoms with Gasteiger partial charge in [-0.25, -0.2) is 0 Å². The number of carbonyl (C=O) groups is 2. The molecule has 2 bridgehead atoms. The summed E-state index contributed by atoms with van der Waals surface area (Å²) in [5, 5.41) is 0. The average molecular weight is 279 g/mol. The van der Waals surface area contributed by atoms with Gasteiger partial charge in [-0.05, 0) is 19.3 Å². The molecule has 5 heteroatoms. The van der Waals surface area contributed by atoms with E-state index in [-0.39, 0.29) is 11.8 Å². The molecule has 3 heterocycles. The van der Waals surface area contributed by atoms with E-state index < -0.39 is 0 Å². The van der Waals surface area contributed by atoms with Crippen molar-refractivity contribution in [2.45, 2.75) is 44.6 Å². The first-order valence-electron chi connectivity index (χ1n) is 8.03. The first-order valence-corrected chi connectivity index (χ1v) is 8.03. The number of rotatable bonds is 3. The van der Waals surface area contributed by atoms with E-state index in [4.69, 9.17) is 0 Å². The average Bonchev–Trinajstić information content (AvgIpc) is 2.69. The van der Waals surface area contributed by atoms with Gasteiger partial charge in [0.15, 0.2) is 0 Å². The number of hydrogen-bond acceptors (Lipinski definition) is 3. The topological polar surface area (TPSA) is 43.9 Å². The Bertz CT molecular complexity index is 385. The van der Waals surface area contributed by atoms with Gasteiger partial charge < -0.3 is 9.80 Å². The van der Waals surface area contributed by atoms with Crippen molar-refractivity contribution < 1.29 is 9.59 Å². The van der Waals surface area contributed by atoms with Crippen molar-refractivity contribution in [2.75, 3.05) is 39.3 Å². The molecule has 3 aliphatic rings. The van der Waals surface area contributed by atoms with E-state index in [0.29, 0.717) is 25.4 Å². The van der Waals surface area contributed by atoms with Crippen molar-refractivity contribution >= 4 is 11.8 Å². The molecule has 5 nitrogen and oxygen atoms in total. The van der Waals surface area contributed by atoms with Gasteiger partial charge in [-0.2, -0.15) is 0 Å². The van der Waals surface area contributed by atoms with Gasteiger partial charge in [-0.3, -0.25) is 14.5 Å². The van der Waals surface area contributed by atoms with E-state index in [0.717, 1.165) is 58.4 Å². The Morgan fingerprint density at radius 2 is 2.00 bits per heavy atom. The third kappa shape index (κ3) is 2.97. The molecular formula is C15H25N3O2. The van der Waals surface area contributed by atoms with Crippen LogP contribution in [0.15, 0.2) is 0 Å². The van der Waals surface area contributed by atoms with Crippen LogP contribution in [0, 0.1) is 0 Å². The molecular weight excluding hydrogens is 254 g/mol. The fraction of sp³-hybridized carbons (Fsp3) is 0.867. The van der Waals surface area contributed by atoms with Crippen LogP contribution in [0.2, 0.25) is 0 Å². The summed E-state index contributed by atoms with van der Waals surface area (Å²) in [6, 6.07) is 0.427. The van der Waals surface area contributed by atoms with E-state index in [1.807, 2.05) is 4.90 Å². The molecule has 3 rings (SSSR count). The number of amides is 2. The highest BCUT2D eigenvalue weighted by Crippen LogP contribution is 2.21. The zero-order valence-corrected chi connectivity index (χ0v) is 12.2. The quantitative estimate of drug-likeness (QED) is 0.764. The van der Waals surface area contributed by atoms with Crippen LogP contribution < -0.4 is 0 Å². The van der Waals surface area contributed by atoms with Crippen molar-refractivity contribution in [3.8, 4) is 0 Å². The van der Waals surface area contributed by atoms with Gasteiger partial charge in [0.2, 0.25) is 11.8 Å². The molecule has 0 N–H and O–H groups in total. The van der Waals surface area contributed by atoms with Crippen LogP contribution in [0.1, 0.15) is 38.5 Å². The van der Waals surface area contributed by atoms with Gasteiger partial charge in [0.1, 0.15) is 0 Å². The van der Waals surface area contributed by atoms with E-state index in [1.54, 1.807) is 0 Å². The number of likely N-dealkylation sites (tertiary alicyclic amines) is 1. The van der Waals surface area contributed by atoms with Gasteiger partial charge in [-0.1, -0.05) is 6.42 Å². The fourth-order valence-corrected chi connectivity index (χ4v) is 3.68. The monoisotopic (exact) mass is 279 g/mol. The molecule has 2 atom stereocenters. The van der Waals surface area contributed by atoms with Crippen LogP contribution in [0.3, 0.4) is 0 Å². The Morgan fingerprint density at radius 1 is 1.10 bits per heavy atom. The summed E-state index contributed by atoms with van der Waals surface area (Å²) in [5.41, 5.74) is 0. The molecule has 20 heavy (non-hydrogen) atoms. The zero-order chi connectivity index (χ0) is 13.9. The molecule has 3 fully saturated rings. The Kier molecular flexibility index (Phi) is 4.24. The Hall–Kier alpha value is -1.10. The molecule has 2 amide bonds. The maximum Gasteiger partial charge on any atom is 0.224 e. The van der Waals surface area contributed by atoms with Crippen molar-refractivity contribution in [3.05, 3.63) is 0 Å². The maximum absolute atomic E-state index is 12.4. The Balaban J connectivity index is 1.50. The van der Waals surface area contributed by atoms with E-state index >= 15 is 0 Å². The lowest BCUT2D eigenvalue weighted by Crippen LogP contribution is -2.50. The molecule has 3 saturated heterocycles. The summed E-state index contributed by atoms with van der Waals surface area (Å²) in [4.78, 5) is 30.7. The molecule has 2 unspecified atom stereocenters. The normalized spacial score (nSPS) is 30.5. The van der Waals surface area contributed by atoms with Gasteiger partial charge in [0.25, 0.3) is 0 Å². The first kappa shape index (κ1) is 13.9. The smallest absolute Gasteiger partial charge is 0.224 e. The minimum Gasteiger partial charge on any atom is -0.342 e. The highest BCUT2D eigenvalue weighted by atomic mass is 16.2. The summed E-state index contributed by atoms with van der Waals surface area (Å²) in [5.74, 6) is 0.481. The largest absolute Gasteiger partial charge is 0.342 e. The third-order valence-corrected chi connectivity index (χ3v) is 4.93. The van der Waals surface area contributed by atoms with E-state index in [1.165, 1.54) is 0 Å². The Morgan fingerprint density at radius 3 is 2.90 bits per heavy atom. The fourth-order valence-electron chi connectivity index (χ4n) is 3.68.